The van der Waals surface area contributed by atoms with Crippen molar-refractivity contribution in [3.63, 3.8) is 0 Å². The maximum absolute atomic E-state index is 13.2. The number of benzene rings is 2. The number of amides is 1. The van der Waals surface area contributed by atoms with E-state index in [4.69, 9.17) is 4.74 Å². The number of esters is 1. The van der Waals surface area contributed by atoms with Crippen LogP contribution in [0.4, 0.5) is 4.39 Å². The summed E-state index contributed by atoms with van der Waals surface area (Å²) in [5, 5.41) is 2.64. The molecule has 0 aliphatic heterocycles. The van der Waals surface area contributed by atoms with Gasteiger partial charge in [-0.15, -0.1) is 0 Å². The van der Waals surface area contributed by atoms with E-state index in [2.05, 4.69) is 5.32 Å². The van der Waals surface area contributed by atoms with Crippen LogP contribution >= 0.6 is 11.8 Å². The van der Waals surface area contributed by atoms with Crippen molar-refractivity contribution < 1.29 is 23.5 Å². The second kappa shape index (κ2) is 10.5. The highest BCUT2D eigenvalue weighted by Gasteiger charge is 2.23. The van der Waals surface area contributed by atoms with Crippen LogP contribution in [-0.2, 0) is 9.53 Å². The molecule has 0 aromatic heterocycles. The fourth-order valence-corrected chi connectivity index (χ4v) is 2.77. The molecule has 0 radical (unpaired) electrons. The molecule has 7 heteroatoms. The van der Waals surface area contributed by atoms with Crippen LogP contribution in [0.25, 0.3) is 0 Å². The fourth-order valence-electron chi connectivity index (χ4n) is 2.30. The van der Waals surface area contributed by atoms with E-state index in [-0.39, 0.29) is 5.56 Å². The number of hydrogen-bond acceptors (Lipinski definition) is 5. The molecule has 0 saturated carbocycles. The molecule has 142 valence electrons. The molecule has 0 aliphatic carbocycles. The highest BCUT2D eigenvalue weighted by atomic mass is 32.2. The number of halogens is 1. The molecule has 1 amide bonds. The lowest BCUT2D eigenvalue weighted by Crippen LogP contribution is -2.42. The Hall–Kier alpha value is -2.67. The van der Waals surface area contributed by atoms with Gasteiger partial charge in [0, 0.05) is 11.1 Å². The van der Waals surface area contributed by atoms with Crippen LogP contribution < -0.4 is 5.32 Å². The smallest absolute Gasteiger partial charge is 0.329 e. The van der Waals surface area contributed by atoms with Crippen LogP contribution in [0, 0.1) is 5.82 Å². The first-order valence-electron chi connectivity index (χ1n) is 8.31. The van der Waals surface area contributed by atoms with Gasteiger partial charge in [-0.05, 0) is 42.7 Å². The van der Waals surface area contributed by atoms with Crippen LogP contribution in [-0.4, -0.2) is 42.3 Å². The Bertz CT molecular complexity index is 798. The van der Waals surface area contributed by atoms with Crippen molar-refractivity contribution in [3.05, 3.63) is 71.5 Å². The van der Waals surface area contributed by atoms with E-state index < -0.39 is 36.1 Å². The molecule has 5 nitrogen and oxygen atoms in total. The van der Waals surface area contributed by atoms with Crippen molar-refractivity contribution in [1.29, 1.82) is 0 Å². The number of nitrogens with one attached hydrogen (secondary N) is 1. The molecule has 1 atom stereocenters. The number of rotatable bonds is 9. The summed E-state index contributed by atoms with van der Waals surface area (Å²) in [4.78, 5) is 36.7. The van der Waals surface area contributed by atoms with E-state index in [1.165, 1.54) is 30.0 Å². The average molecular weight is 389 g/mol. The van der Waals surface area contributed by atoms with Gasteiger partial charge in [-0.25, -0.2) is 9.18 Å². The maximum Gasteiger partial charge on any atom is 0.329 e. The Morgan fingerprint density at radius 2 is 1.78 bits per heavy atom. The third kappa shape index (κ3) is 6.53. The summed E-state index contributed by atoms with van der Waals surface area (Å²) in [7, 11) is 0. The van der Waals surface area contributed by atoms with Gasteiger partial charge in [0.1, 0.15) is 11.9 Å². The molecule has 0 unspecified atom stereocenters. The monoisotopic (exact) mass is 389 g/mol. The summed E-state index contributed by atoms with van der Waals surface area (Å²) in [5.74, 6) is -1.51. The van der Waals surface area contributed by atoms with Gasteiger partial charge < -0.3 is 10.1 Å². The predicted molar refractivity (Wildman–Crippen MR) is 102 cm³/mol. The van der Waals surface area contributed by atoms with Gasteiger partial charge in [0.15, 0.2) is 12.4 Å². The molecule has 27 heavy (non-hydrogen) atoms. The third-order valence-electron chi connectivity index (χ3n) is 3.73. The van der Waals surface area contributed by atoms with E-state index in [1.54, 1.807) is 30.3 Å². The summed E-state index contributed by atoms with van der Waals surface area (Å²) in [6.07, 6.45) is 2.25. The second-order valence-electron chi connectivity index (χ2n) is 5.71. The number of ketones is 1. The van der Waals surface area contributed by atoms with Crippen LogP contribution in [0.5, 0.6) is 0 Å². The summed E-state index contributed by atoms with van der Waals surface area (Å²) < 4.78 is 18.2. The Morgan fingerprint density at radius 3 is 2.44 bits per heavy atom. The van der Waals surface area contributed by atoms with Crippen molar-refractivity contribution in [3.8, 4) is 0 Å². The van der Waals surface area contributed by atoms with Crippen LogP contribution in [0.3, 0.4) is 0 Å². The predicted octanol–water partition coefficient (Wildman–Crippen LogP) is 3.10. The zero-order valence-electron chi connectivity index (χ0n) is 14.8. The van der Waals surface area contributed by atoms with E-state index >= 15 is 0 Å². The van der Waals surface area contributed by atoms with Crippen molar-refractivity contribution in [2.24, 2.45) is 0 Å². The number of carbonyl (C=O) groups excluding carboxylic acids is 3. The molecule has 0 saturated heterocycles. The number of Topliss-reactive ketones (excluding diaryl/α,β-unsaturated/α-hetero) is 1. The molecule has 0 bridgehead atoms. The Morgan fingerprint density at radius 1 is 1.07 bits per heavy atom. The van der Waals surface area contributed by atoms with E-state index in [9.17, 15) is 18.8 Å². The van der Waals surface area contributed by atoms with E-state index in [1.807, 2.05) is 6.26 Å². The second-order valence-corrected chi connectivity index (χ2v) is 6.70. The van der Waals surface area contributed by atoms with Crippen LogP contribution in [0.1, 0.15) is 27.1 Å². The highest BCUT2D eigenvalue weighted by molar-refractivity contribution is 7.98. The summed E-state index contributed by atoms with van der Waals surface area (Å²) in [6, 6.07) is 12.8. The van der Waals surface area contributed by atoms with Crippen molar-refractivity contribution in [2.75, 3.05) is 18.6 Å². The number of hydrogen-bond donors (Lipinski definition) is 1. The molecular formula is C20H20FNO4S. The lowest BCUT2D eigenvalue weighted by molar-refractivity contribution is -0.144. The summed E-state index contributed by atoms with van der Waals surface area (Å²) in [6.45, 7) is -0.515. The van der Waals surface area contributed by atoms with Crippen molar-refractivity contribution in [2.45, 2.75) is 12.5 Å². The Labute approximate surface area is 161 Å². The Balaban J connectivity index is 1.97. The number of thioether (sulfide) groups is 1. The first-order chi connectivity index (χ1) is 13.0. The maximum atomic E-state index is 13.2. The average Bonchev–Trinajstić information content (AvgIpc) is 2.69. The standard InChI is InChI=1S/C20H20FNO4S/c1-27-11-10-17(22-19(24)14-6-3-2-4-7-14)20(25)26-13-18(23)15-8-5-9-16(21)12-15/h2-9,12,17H,10-11,13H2,1H3,(H,22,24)/t17-/m0/s1. The van der Waals surface area contributed by atoms with Gasteiger partial charge in [-0.2, -0.15) is 11.8 Å². The minimum atomic E-state index is -0.870. The highest BCUT2D eigenvalue weighted by Crippen LogP contribution is 2.08. The van der Waals surface area contributed by atoms with Gasteiger partial charge in [0.25, 0.3) is 5.91 Å². The van der Waals surface area contributed by atoms with Gasteiger partial charge in [0.05, 0.1) is 0 Å². The lowest BCUT2D eigenvalue weighted by Gasteiger charge is -2.17. The van der Waals surface area contributed by atoms with E-state index in [0.29, 0.717) is 17.7 Å². The Kier molecular flexibility index (Phi) is 8.00. The number of ether oxygens (including phenoxy) is 1. The molecule has 0 heterocycles. The van der Waals surface area contributed by atoms with Gasteiger partial charge in [-0.1, -0.05) is 30.3 Å². The molecule has 0 fully saturated rings. The molecule has 0 aliphatic rings. The van der Waals surface area contributed by atoms with Gasteiger partial charge in [0.2, 0.25) is 0 Å². The number of carbonyl (C=O) groups is 3. The van der Waals surface area contributed by atoms with Gasteiger partial charge in [-0.3, -0.25) is 9.59 Å². The molecule has 2 rings (SSSR count). The first kappa shape index (κ1) is 20.6. The lowest BCUT2D eigenvalue weighted by atomic mass is 10.1. The fraction of sp³-hybridized carbons (Fsp3) is 0.250. The summed E-state index contributed by atoms with van der Waals surface area (Å²) >= 11 is 1.53. The van der Waals surface area contributed by atoms with Crippen molar-refractivity contribution in [1.82, 2.24) is 5.32 Å². The normalized spacial score (nSPS) is 11.5. The van der Waals surface area contributed by atoms with Gasteiger partial charge >= 0.3 is 5.97 Å². The molecular weight excluding hydrogens is 369 g/mol. The van der Waals surface area contributed by atoms with Crippen LogP contribution in [0.2, 0.25) is 0 Å². The minimum Gasteiger partial charge on any atom is -0.456 e. The third-order valence-corrected chi connectivity index (χ3v) is 4.37. The molecule has 1 N–H and O–H groups in total. The topological polar surface area (TPSA) is 72.5 Å². The minimum absolute atomic E-state index is 0.122. The molecule has 0 spiro atoms. The zero-order valence-corrected chi connectivity index (χ0v) is 15.6. The quantitative estimate of drug-likeness (QED) is 0.527. The first-order valence-corrected chi connectivity index (χ1v) is 9.71. The zero-order chi connectivity index (χ0) is 19.6. The molecule has 2 aromatic rings. The largest absolute Gasteiger partial charge is 0.456 e. The SMILES string of the molecule is CSCC[C@H](NC(=O)c1ccccc1)C(=O)OCC(=O)c1cccc(F)c1. The summed E-state index contributed by atoms with van der Waals surface area (Å²) in [5.41, 5.74) is 0.548. The van der Waals surface area contributed by atoms with Crippen molar-refractivity contribution >= 4 is 29.4 Å². The van der Waals surface area contributed by atoms with Crippen LogP contribution in [0.15, 0.2) is 54.6 Å². The van der Waals surface area contributed by atoms with E-state index in [0.717, 1.165) is 6.07 Å². The molecule has 2 aromatic carbocycles.